The minimum atomic E-state index is -1.15. The summed E-state index contributed by atoms with van der Waals surface area (Å²) >= 11 is 0. The molecule has 1 aromatic carbocycles. The molecule has 0 bridgehead atoms. The Morgan fingerprint density at radius 2 is 2.00 bits per heavy atom. The molecular formula is C11H14N2O3. The van der Waals surface area contributed by atoms with Gasteiger partial charge in [0, 0.05) is 5.56 Å². The first-order valence-corrected chi connectivity index (χ1v) is 4.92. The Labute approximate surface area is 93.6 Å². The third-order valence-corrected chi connectivity index (χ3v) is 2.01. The highest BCUT2D eigenvalue weighted by molar-refractivity contribution is 6.11. The standard InChI is InChI=1S/C11H14N2O3/c1-2-16-11(15)9(13-12)10(14)8-6-4-3-5-7-8/h3-7,9,13H,2,12H2,1H3. The van der Waals surface area contributed by atoms with Gasteiger partial charge in [0.05, 0.1) is 6.61 Å². The van der Waals surface area contributed by atoms with Gasteiger partial charge in [-0.15, -0.1) is 0 Å². The summed E-state index contributed by atoms with van der Waals surface area (Å²) in [7, 11) is 0. The largest absolute Gasteiger partial charge is 0.464 e. The molecule has 1 atom stereocenters. The Balaban J connectivity index is 2.82. The number of hydrazine groups is 1. The second-order valence-electron chi connectivity index (χ2n) is 3.08. The van der Waals surface area contributed by atoms with Gasteiger partial charge in [0.25, 0.3) is 0 Å². The minimum Gasteiger partial charge on any atom is -0.464 e. The van der Waals surface area contributed by atoms with Crippen molar-refractivity contribution in [3.63, 3.8) is 0 Å². The number of carbonyl (C=O) groups excluding carboxylic acids is 2. The molecule has 0 aliphatic heterocycles. The third-order valence-electron chi connectivity index (χ3n) is 2.01. The van der Waals surface area contributed by atoms with Crippen LogP contribution in [0.3, 0.4) is 0 Å². The van der Waals surface area contributed by atoms with Gasteiger partial charge in [0.2, 0.25) is 0 Å². The molecule has 5 heteroatoms. The Kier molecular flexibility index (Phi) is 4.63. The monoisotopic (exact) mass is 222 g/mol. The molecular weight excluding hydrogens is 208 g/mol. The van der Waals surface area contributed by atoms with E-state index in [-0.39, 0.29) is 6.61 Å². The van der Waals surface area contributed by atoms with E-state index in [1.807, 2.05) is 0 Å². The van der Waals surface area contributed by atoms with Crippen molar-refractivity contribution in [1.29, 1.82) is 0 Å². The molecule has 1 rings (SSSR count). The first kappa shape index (κ1) is 12.4. The first-order valence-electron chi connectivity index (χ1n) is 4.92. The van der Waals surface area contributed by atoms with Gasteiger partial charge in [0.15, 0.2) is 11.8 Å². The second kappa shape index (κ2) is 5.99. The molecule has 1 unspecified atom stereocenters. The van der Waals surface area contributed by atoms with E-state index >= 15 is 0 Å². The zero-order valence-corrected chi connectivity index (χ0v) is 8.97. The maximum Gasteiger partial charge on any atom is 0.332 e. The predicted molar refractivity (Wildman–Crippen MR) is 58.5 cm³/mol. The van der Waals surface area contributed by atoms with Crippen LogP contribution in [0.4, 0.5) is 0 Å². The zero-order valence-electron chi connectivity index (χ0n) is 8.97. The molecule has 0 heterocycles. The average Bonchev–Trinajstić information content (AvgIpc) is 2.31. The molecule has 0 aromatic heterocycles. The summed E-state index contributed by atoms with van der Waals surface area (Å²) in [6.45, 7) is 1.87. The summed E-state index contributed by atoms with van der Waals surface area (Å²) in [5.41, 5.74) is 2.58. The lowest BCUT2D eigenvalue weighted by Gasteiger charge is -2.12. The zero-order chi connectivity index (χ0) is 12.0. The van der Waals surface area contributed by atoms with Crippen LogP contribution < -0.4 is 11.3 Å². The second-order valence-corrected chi connectivity index (χ2v) is 3.08. The van der Waals surface area contributed by atoms with Gasteiger partial charge < -0.3 is 4.74 Å². The summed E-state index contributed by atoms with van der Waals surface area (Å²) in [5, 5.41) is 0. The van der Waals surface area contributed by atoms with Crippen molar-refractivity contribution in [2.24, 2.45) is 5.84 Å². The number of esters is 1. The smallest absolute Gasteiger partial charge is 0.332 e. The summed E-state index contributed by atoms with van der Waals surface area (Å²) in [4.78, 5) is 23.3. The summed E-state index contributed by atoms with van der Waals surface area (Å²) < 4.78 is 4.74. The number of nitrogens with one attached hydrogen (secondary N) is 1. The molecule has 0 aliphatic carbocycles. The number of ether oxygens (including phenoxy) is 1. The normalized spacial score (nSPS) is 11.9. The highest BCUT2D eigenvalue weighted by Gasteiger charge is 2.27. The molecule has 5 nitrogen and oxygen atoms in total. The van der Waals surface area contributed by atoms with Crippen LogP contribution in [0.5, 0.6) is 0 Å². The van der Waals surface area contributed by atoms with Crippen LogP contribution in [0, 0.1) is 0 Å². The van der Waals surface area contributed by atoms with Crippen molar-refractivity contribution in [3.05, 3.63) is 35.9 Å². The molecule has 16 heavy (non-hydrogen) atoms. The van der Waals surface area contributed by atoms with Crippen LogP contribution in [0.1, 0.15) is 17.3 Å². The molecule has 0 saturated heterocycles. The fourth-order valence-electron chi connectivity index (χ4n) is 1.25. The summed E-state index contributed by atoms with van der Waals surface area (Å²) in [6.07, 6.45) is 0. The average molecular weight is 222 g/mol. The number of hydrogen-bond acceptors (Lipinski definition) is 5. The van der Waals surface area contributed by atoms with Crippen molar-refractivity contribution in [3.8, 4) is 0 Å². The molecule has 0 aliphatic rings. The minimum absolute atomic E-state index is 0.207. The molecule has 0 saturated carbocycles. The third kappa shape index (κ3) is 2.88. The van der Waals surface area contributed by atoms with Gasteiger partial charge in [-0.1, -0.05) is 30.3 Å². The van der Waals surface area contributed by atoms with E-state index in [1.54, 1.807) is 37.3 Å². The van der Waals surface area contributed by atoms with E-state index in [2.05, 4.69) is 5.43 Å². The fraction of sp³-hybridized carbons (Fsp3) is 0.273. The quantitative estimate of drug-likeness (QED) is 0.245. The lowest BCUT2D eigenvalue weighted by molar-refractivity contribution is -0.144. The van der Waals surface area contributed by atoms with Gasteiger partial charge >= 0.3 is 5.97 Å². The molecule has 0 radical (unpaired) electrons. The Morgan fingerprint density at radius 3 is 2.50 bits per heavy atom. The number of hydrogen-bond donors (Lipinski definition) is 2. The molecule has 1 aromatic rings. The van der Waals surface area contributed by atoms with Gasteiger partial charge in [-0.25, -0.2) is 10.2 Å². The predicted octanol–water partition coefficient (Wildman–Crippen LogP) is 0.264. The maximum atomic E-state index is 11.8. The van der Waals surface area contributed by atoms with E-state index in [0.29, 0.717) is 5.56 Å². The molecule has 0 fully saturated rings. The van der Waals surface area contributed by atoms with Crippen molar-refractivity contribution in [2.75, 3.05) is 6.61 Å². The highest BCUT2D eigenvalue weighted by Crippen LogP contribution is 2.04. The van der Waals surface area contributed by atoms with E-state index in [9.17, 15) is 9.59 Å². The molecule has 3 N–H and O–H groups in total. The molecule has 0 amide bonds. The summed E-state index contributed by atoms with van der Waals surface area (Å²) in [6, 6.07) is 7.30. The molecule has 86 valence electrons. The van der Waals surface area contributed by atoms with Crippen LogP contribution in [0.2, 0.25) is 0 Å². The van der Waals surface area contributed by atoms with E-state index in [4.69, 9.17) is 10.6 Å². The van der Waals surface area contributed by atoms with Gasteiger partial charge in [-0.3, -0.25) is 10.6 Å². The number of nitrogens with two attached hydrogens (primary N) is 1. The van der Waals surface area contributed by atoms with Crippen molar-refractivity contribution in [1.82, 2.24) is 5.43 Å². The van der Waals surface area contributed by atoms with Gasteiger partial charge in [0.1, 0.15) is 0 Å². The highest BCUT2D eigenvalue weighted by atomic mass is 16.5. The Morgan fingerprint density at radius 1 is 1.38 bits per heavy atom. The Bertz CT molecular complexity index is 365. The van der Waals surface area contributed by atoms with Gasteiger partial charge in [-0.05, 0) is 6.92 Å². The van der Waals surface area contributed by atoms with Crippen LogP contribution in [0.15, 0.2) is 30.3 Å². The van der Waals surface area contributed by atoms with Crippen LogP contribution >= 0.6 is 0 Å². The topological polar surface area (TPSA) is 81.4 Å². The first-order chi connectivity index (χ1) is 7.70. The van der Waals surface area contributed by atoms with E-state index in [0.717, 1.165) is 0 Å². The number of rotatable bonds is 5. The van der Waals surface area contributed by atoms with E-state index < -0.39 is 17.8 Å². The van der Waals surface area contributed by atoms with Gasteiger partial charge in [-0.2, -0.15) is 0 Å². The number of ketones is 1. The van der Waals surface area contributed by atoms with Crippen LogP contribution in [-0.4, -0.2) is 24.4 Å². The van der Waals surface area contributed by atoms with E-state index in [1.165, 1.54) is 0 Å². The van der Waals surface area contributed by atoms with Crippen molar-refractivity contribution in [2.45, 2.75) is 13.0 Å². The number of Topliss-reactive ketones (excluding diaryl/α,β-unsaturated/α-hetero) is 1. The number of carbonyl (C=O) groups is 2. The Hall–Kier alpha value is -1.72. The van der Waals surface area contributed by atoms with Crippen molar-refractivity contribution < 1.29 is 14.3 Å². The lowest BCUT2D eigenvalue weighted by Crippen LogP contribution is -2.48. The maximum absolute atomic E-state index is 11.8. The summed E-state index contributed by atoms with van der Waals surface area (Å²) in [5.74, 6) is 4.10. The number of benzene rings is 1. The van der Waals surface area contributed by atoms with Crippen molar-refractivity contribution >= 4 is 11.8 Å². The molecule has 0 spiro atoms. The SMILES string of the molecule is CCOC(=O)C(NN)C(=O)c1ccccc1. The van der Waals surface area contributed by atoms with Crippen LogP contribution in [-0.2, 0) is 9.53 Å². The lowest BCUT2D eigenvalue weighted by atomic mass is 10.1. The fourth-order valence-corrected chi connectivity index (χ4v) is 1.25. The van der Waals surface area contributed by atoms with Crippen LogP contribution in [0.25, 0.3) is 0 Å².